The van der Waals surface area contributed by atoms with Crippen LogP contribution in [0.3, 0.4) is 0 Å². The highest BCUT2D eigenvalue weighted by atomic mass is 35.5. The SMILES string of the molecule is CCn1nc(C(=O)NCC2CCC(S(C)(=O)=O)CC2)c(Cl)c1-c1ccc(NCC(F)(F)F)cc1OC. The number of aryl methyl sites for hydroxylation is 1. The molecule has 1 fully saturated rings. The molecule has 200 valence electrons. The predicted molar refractivity (Wildman–Crippen MR) is 132 cm³/mol. The zero-order valence-electron chi connectivity index (χ0n) is 20.3. The number of hydrogen-bond donors (Lipinski definition) is 2. The Balaban J connectivity index is 1.76. The van der Waals surface area contributed by atoms with Crippen molar-refractivity contribution in [1.82, 2.24) is 15.1 Å². The molecule has 1 aromatic heterocycles. The lowest BCUT2D eigenvalue weighted by Crippen LogP contribution is -2.34. The fourth-order valence-electron chi connectivity index (χ4n) is 4.36. The van der Waals surface area contributed by atoms with Gasteiger partial charge in [0.2, 0.25) is 0 Å². The molecule has 1 aromatic carbocycles. The zero-order valence-corrected chi connectivity index (χ0v) is 21.9. The number of rotatable bonds is 9. The third-order valence-corrected chi connectivity index (χ3v) is 8.35. The number of amides is 1. The fourth-order valence-corrected chi connectivity index (χ4v) is 5.81. The number of benzene rings is 1. The number of nitrogens with one attached hydrogen (secondary N) is 2. The number of carbonyl (C=O) groups excluding carboxylic acids is 1. The Kier molecular flexibility index (Phi) is 8.81. The normalized spacial score (nSPS) is 18.6. The monoisotopic (exact) mass is 550 g/mol. The second-order valence-electron chi connectivity index (χ2n) is 8.89. The van der Waals surface area contributed by atoms with Crippen LogP contribution in [0.25, 0.3) is 11.3 Å². The van der Waals surface area contributed by atoms with Gasteiger partial charge in [0.25, 0.3) is 5.91 Å². The summed E-state index contributed by atoms with van der Waals surface area (Å²) in [5, 5.41) is 9.28. The van der Waals surface area contributed by atoms with E-state index in [4.69, 9.17) is 16.3 Å². The number of nitrogens with zero attached hydrogens (tertiary/aromatic N) is 2. The van der Waals surface area contributed by atoms with Crippen LogP contribution in [0.5, 0.6) is 5.75 Å². The minimum atomic E-state index is -4.37. The van der Waals surface area contributed by atoms with Gasteiger partial charge in [-0.3, -0.25) is 9.48 Å². The van der Waals surface area contributed by atoms with Crippen molar-refractivity contribution in [1.29, 1.82) is 0 Å². The summed E-state index contributed by atoms with van der Waals surface area (Å²) in [6, 6.07) is 4.46. The summed E-state index contributed by atoms with van der Waals surface area (Å²) in [5.41, 5.74) is 1.14. The minimum Gasteiger partial charge on any atom is -0.496 e. The standard InChI is InChI=1S/C23H30ClF3N4O4S/c1-4-31-21(17-10-7-15(11-18(17)35-2)29-13-23(25,26)27)19(24)20(30-31)22(32)28-12-14-5-8-16(9-6-14)36(3,33)34/h7,10-11,14,16,29H,4-6,8-9,12-13H2,1-3H3,(H,28,32). The Bertz CT molecular complexity index is 1190. The number of hydrogen-bond acceptors (Lipinski definition) is 6. The smallest absolute Gasteiger partial charge is 0.405 e. The average molecular weight is 551 g/mol. The van der Waals surface area contributed by atoms with Crippen LogP contribution in [0.15, 0.2) is 18.2 Å². The molecule has 1 aliphatic carbocycles. The van der Waals surface area contributed by atoms with Crippen molar-refractivity contribution in [3.63, 3.8) is 0 Å². The maximum absolute atomic E-state index is 12.9. The summed E-state index contributed by atoms with van der Waals surface area (Å²) in [5.74, 6) is -0.0234. The topological polar surface area (TPSA) is 102 Å². The number of carbonyl (C=O) groups is 1. The van der Waals surface area contributed by atoms with Crippen LogP contribution < -0.4 is 15.4 Å². The van der Waals surface area contributed by atoms with Crippen molar-refractivity contribution in [2.45, 2.75) is 50.6 Å². The maximum atomic E-state index is 12.9. The number of halogens is 4. The Morgan fingerprint density at radius 1 is 1.25 bits per heavy atom. The van der Waals surface area contributed by atoms with E-state index in [0.29, 0.717) is 50.0 Å². The molecule has 0 atom stereocenters. The molecule has 0 spiro atoms. The zero-order chi connectivity index (χ0) is 26.7. The molecule has 8 nitrogen and oxygen atoms in total. The van der Waals surface area contributed by atoms with Gasteiger partial charge >= 0.3 is 6.18 Å². The third-order valence-electron chi connectivity index (χ3n) is 6.31. The van der Waals surface area contributed by atoms with E-state index in [2.05, 4.69) is 15.7 Å². The third kappa shape index (κ3) is 6.84. The van der Waals surface area contributed by atoms with Gasteiger partial charge < -0.3 is 15.4 Å². The summed E-state index contributed by atoms with van der Waals surface area (Å²) in [7, 11) is -1.67. The van der Waals surface area contributed by atoms with Gasteiger partial charge in [-0.05, 0) is 50.7 Å². The molecule has 3 rings (SSSR count). The van der Waals surface area contributed by atoms with Crippen LogP contribution in [0.2, 0.25) is 5.02 Å². The molecule has 1 amide bonds. The van der Waals surface area contributed by atoms with E-state index in [0.717, 1.165) is 0 Å². The lowest BCUT2D eigenvalue weighted by atomic mass is 9.89. The number of anilines is 1. The van der Waals surface area contributed by atoms with Crippen molar-refractivity contribution >= 4 is 33.0 Å². The Labute approximate surface area is 213 Å². The molecule has 0 aliphatic heterocycles. The summed E-state index contributed by atoms with van der Waals surface area (Å²) in [6.07, 6.45) is -0.570. The number of sulfone groups is 1. The first kappa shape index (κ1) is 28.1. The van der Waals surface area contributed by atoms with Crippen LogP contribution >= 0.6 is 11.6 Å². The Morgan fingerprint density at radius 3 is 2.47 bits per heavy atom. The molecule has 0 bridgehead atoms. The number of methoxy groups -OCH3 is 1. The van der Waals surface area contributed by atoms with Gasteiger partial charge in [0.15, 0.2) is 5.69 Å². The molecule has 0 saturated heterocycles. The predicted octanol–water partition coefficient (Wildman–Crippen LogP) is 4.54. The van der Waals surface area contributed by atoms with Crippen molar-refractivity contribution in [3.8, 4) is 17.0 Å². The first-order valence-corrected chi connectivity index (χ1v) is 13.9. The van der Waals surface area contributed by atoms with E-state index >= 15 is 0 Å². The summed E-state index contributed by atoms with van der Waals surface area (Å²) < 4.78 is 68.1. The van der Waals surface area contributed by atoms with E-state index in [1.54, 1.807) is 6.07 Å². The quantitative estimate of drug-likeness (QED) is 0.475. The van der Waals surface area contributed by atoms with Gasteiger partial charge in [-0.1, -0.05) is 11.6 Å². The van der Waals surface area contributed by atoms with Crippen molar-refractivity contribution in [2.75, 3.05) is 31.8 Å². The van der Waals surface area contributed by atoms with Gasteiger partial charge in [-0.2, -0.15) is 18.3 Å². The molecule has 0 radical (unpaired) electrons. The van der Waals surface area contributed by atoms with Crippen LogP contribution in [-0.4, -0.2) is 62.0 Å². The minimum absolute atomic E-state index is 0.0275. The fraction of sp³-hybridized carbons (Fsp3) is 0.565. The summed E-state index contributed by atoms with van der Waals surface area (Å²) >= 11 is 6.59. The highest BCUT2D eigenvalue weighted by Gasteiger charge is 2.30. The van der Waals surface area contributed by atoms with Crippen molar-refractivity contribution in [3.05, 3.63) is 28.9 Å². The lowest BCUT2D eigenvalue weighted by molar-refractivity contribution is -0.115. The first-order chi connectivity index (χ1) is 16.8. The second kappa shape index (κ2) is 11.3. The lowest BCUT2D eigenvalue weighted by Gasteiger charge is -2.27. The van der Waals surface area contributed by atoms with E-state index in [-0.39, 0.29) is 33.3 Å². The first-order valence-electron chi connectivity index (χ1n) is 11.6. The van der Waals surface area contributed by atoms with Crippen LogP contribution in [0.1, 0.15) is 43.1 Å². The highest BCUT2D eigenvalue weighted by molar-refractivity contribution is 7.91. The molecule has 36 heavy (non-hydrogen) atoms. The molecular formula is C23H30ClF3N4O4S. The second-order valence-corrected chi connectivity index (χ2v) is 11.6. The van der Waals surface area contributed by atoms with Gasteiger partial charge in [0.1, 0.15) is 22.1 Å². The maximum Gasteiger partial charge on any atom is 0.405 e. The van der Waals surface area contributed by atoms with Gasteiger partial charge in [0.05, 0.1) is 23.1 Å². The number of aromatic nitrogens is 2. The van der Waals surface area contributed by atoms with Crippen molar-refractivity contribution < 1.29 is 31.1 Å². The average Bonchev–Trinajstić information content (AvgIpc) is 3.16. The molecule has 0 unspecified atom stereocenters. The van der Waals surface area contributed by atoms with E-state index in [1.165, 1.54) is 30.2 Å². The summed E-state index contributed by atoms with van der Waals surface area (Å²) in [4.78, 5) is 12.9. The van der Waals surface area contributed by atoms with Gasteiger partial charge in [-0.25, -0.2) is 8.42 Å². The van der Waals surface area contributed by atoms with Crippen LogP contribution in [0, 0.1) is 5.92 Å². The van der Waals surface area contributed by atoms with E-state index in [1.807, 2.05) is 6.92 Å². The molecule has 1 heterocycles. The molecule has 2 aromatic rings. The van der Waals surface area contributed by atoms with E-state index in [9.17, 15) is 26.4 Å². The molecule has 2 N–H and O–H groups in total. The molecule has 1 aliphatic rings. The van der Waals surface area contributed by atoms with E-state index < -0.39 is 28.5 Å². The molecule has 1 saturated carbocycles. The molecular weight excluding hydrogens is 521 g/mol. The van der Waals surface area contributed by atoms with Crippen LogP contribution in [0.4, 0.5) is 18.9 Å². The van der Waals surface area contributed by atoms with Gasteiger partial charge in [0, 0.05) is 36.7 Å². The number of ether oxygens (including phenoxy) is 1. The Morgan fingerprint density at radius 2 is 1.92 bits per heavy atom. The molecule has 13 heteroatoms. The highest BCUT2D eigenvalue weighted by Crippen LogP contribution is 2.38. The van der Waals surface area contributed by atoms with Crippen LogP contribution in [-0.2, 0) is 16.4 Å². The Hall–Kier alpha value is -2.47. The van der Waals surface area contributed by atoms with Gasteiger partial charge in [-0.15, -0.1) is 0 Å². The largest absolute Gasteiger partial charge is 0.496 e. The number of alkyl halides is 3. The van der Waals surface area contributed by atoms with Crippen molar-refractivity contribution in [2.24, 2.45) is 5.92 Å². The summed E-state index contributed by atoms with van der Waals surface area (Å²) in [6.45, 7) is 1.39.